The third kappa shape index (κ3) is 10.3. The number of esters is 1. The molecule has 7 rings (SSSR count). The van der Waals surface area contributed by atoms with Crippen LogP contribution in [-0.4, -0.2) is 118 Å². The minimum atomic E-state index is -1.17. The molecule has 4 aliphatic rings. The molecule has 3 aromatic rings. The third-order valence-corrected chi connectivity index (χ3v) is 13.6. The lowest BCUT2D eigenvalue weighted by molar-refractivity contribution is -0.155. The lowest BCUT2D eigenvalue weighted by Crippen LogP contribution is -2.62. The molecule has 2 saturated heterocycles. The number of ether oxygens (including phenoxy) is 2. The first-order valence-electron chi connectivity index (χ1n) is 23.3. The number of nitrogens with zero attached hydrogens (tertiary/aromatic N) is 6. The van der Waals surface area contributed by atoms with Crippen molar-refractivity contribution >= 4 is 35.7 Å². The highest BCUT2D eigenvalue weighted by atomic mass is 16.5. The number of benzene rings is 1. The molecular formula is C51H64N8O8. The molecule has 16 heteroatoms. The van der Waals surface area contributed by atoms with Gasteiger partial charge in [0.25, 0.3) is 5.91 Å². The molecule has 6 bridgehead atoms. The summed E-state index contributed by atoms with van der Waals surface area (Å²) in [5.41, 5.74) is 9.89. The summed E-state index contributed by atoms with van der Waals surface area (Å²) in [6.45, 7) is 15.2. The molecule has 2 aromatic heterocycles. The second-order valence-corrected chi connectivity index (χ2v) is 19.4. The molecule has 0 radical (unpaired) electrons. The van der Waals surface area contributed by atoms with Crippen LogP contribution in [0.15, 0.2) is 49.2 Å². The van der Waals surface area contributed by atoms with Gasteiger partial charge in [-0.25, -0.2) is 5.43 Å². The van der Waals surface area contributed by atoms with E-state index in [1.165, 1.54) is 16.0 Å². The van der Waals surface area contributed by atoms with Crippen LogP contribution in [-0.2, 0) is 65.9 Å². The molecule has 0 saturated carbocycles. The van der Waals surface area contributed by atoms with Crippen molar-refractivity contribution in [2.75, 3.05) is 40.4 Å². The maximum atomic E-state index is 14.7. The van der Waals surface area contributed by atoms with Gasteiger partial charge in [0.05, 0.1) is 36.1 Å². The van der Waals surface area contributed by atoms with Crippen molar-refractivity contribution in [3.8, 4) is 23.1 Å². The van der Waals surface area contributed by atoms with Gasteiger partial charge in [0.1, 0.15) is 29.9 Å². The molecule has 5 atom stereocenters. The molecule has 3 aliphatic heterocycles. The number of phenolic OH excluding ortho intramolecular Hbond substituents is 1. The number of methoxy groups -OCH3 is 1. The Labute approximate surface area is 392 Å². The van der Waals surface area contributed by atoms with Gasteiger partial charge in [0.2, 0.25) is 17.7 Å². The molecule has 4 amide bonds. The zero-order valence-electron chi connectivity index (χ0n) is 39.8. The lowest BCUT2D eigenvalue weighted by atomic mass is 9.80. The number of carbonyl (C=O) groups is 5. The van der Waals surface area contributed by atoms with Crippen molar-refractivity contribution in [1.29, 1.82) is 5.26 Å². The molecule has 2 fully saturated rings. The Hall–Kier alpha value is -6.31. The third-order valence-electron chi connectivity index (χ3n) is 13.6. The summed E-state index contributed by atoms with van der Waals surface area (Å²) in [6.07, 6.45) is 9.41. The fourth-order valence-electron chi connectivity index (χ4n) is 10.3. The predicted molar refractivity (Wildman–Crippen MR) is 251 cm³/mol. The van der Waals surface area contributed by atoms with E-state index in [4.69, 9.17) is 9.47 Å². The Balaban J connectivity index is 1.28. The zero-order valence-corrected chi connectivity index (χ0v) is 39.8. The Morgan fingerprint density at radius 2 is 1.93 bits per heavy atom. The van der Waals surface area contributed by atoms with Gasteiger partial charge in [-0.05, 0) is 97.6 Å². The SMILES string of the molecule is C=CC(=O)N1CC[C@H](C(=O)N(C)[C@H](C(=O)NC2Cc3cc(O)cc(c3)C3C=Cc4c(c(c(-c5cc(C#N)cnc5COC)n4CC)CC(C)(C)COC(=O)[C@@H]4CCCN(N4)C2=O)C3)C(C)C)C1. The summed E-state index contributed by atoms with van der Waals surface area (Å²) < 4.78 is 13.9. The number of nitriles is 1. The number of aromatic hydroxyl groups is 1. The van der Waals surface area contributed by atoms with E-state index in [1.807, 2.05) is 26.0 Å². The van der Waals surface area contributed by atoms with Gasteiger partial charge in [-0.2, -0.15) is 5.26 Å². The molecule has 0 spiro atoms. The van der Waals surface area contributed by atoms with E-state index in [1.54, 1.807) is 37.4 Å². The Kier molecular flexibility index (Phi) is 14.7. The fourth-order valence-corrected chi connectivity index (χ4v) is 10.3. The average molecular weight is 917 g/mol. The lowest BCUT2D eigenvalue weighted by Gasteiger charge is -2.37. The van der Waals surface area contributed by atoms with Crippen molar-refractivity contribution < 1.29 is 38.6 Å². The van der Waals surface area contributed by atoms with E-state index in [0.29, 0.717) is 62.0 Å². The van der Waals surface area contributed by atoms with Crippen molar-refractivity contribution in [1.82, 2.24) is 35.1 Å². The molecule has 16 nitrogen and oxygen atoms in total. The van der Waals surface area contributed by atoms with E-state index >= 15 is 0 Å². The number of phenols is 1. The predicted octanol–water partition coefficient (Wildman–Crippen LogP) is 4.81. The summed E-state index contributed by atoms with van der Waals surface area (Å²) in [4.78, 5) is 77.1. The van der Waals surface area contributed by atoms with Crippen LogP contribution in [0, 0.1) is 28.6 Å². The molecule has 5 heterocycles. The highest BCUT2D eigenvalue weighted by Crippen LogP contribution is 2.43. The largest absolute Gasteiger partial charge is 0.508 e. The number of rotatable bonds is 10. The maximum absolute atomic E-state index is 14.7. The zero-order chi connectivity index (χ0) is 48.3. The van der Waals surface area contributed by atoms with E-state index in [0.717, 1.165) is 33.6 Å². The normalized spacial score (nSPS) is 22.0. The summed E-state index contributed by atoms with van der Waals surface area (Å²) >= 11 is 0. The van der Waals surface area contributed by atoms with Crippen LogP contribution in [0.25, 0.3) is 17.3 Å². The first kappa shape index (κ1) is 48.6. The number of amides is 4. The molecule has 356 valence electrons. The number of likely N-dealkylation sites (tertiary alicyclic amines) is 1. The fraction of sp³-hybridized carbons (Fsp3) is 0.510. The van der Waals surface area contributed by atoms with Crippen LogP contribution >= 0.6 is 0 Å². The number of cyclic esters (lactones) is 1. The number of likely N-dealkylation sites (N-methyl/N-ethyl adjacent to an activating group) is 1. The van der Waals surface area contributed by atoms with Crippen LogP contribution in [0.5, 0.6) is 5.75 Å². The average Bonchev–Trinajstić information content (AvgIpc) is 3.92. The minimum absolute atomic E-state index is 0.000221. The summed E-state index contributed by atoms with van der Waals surface area (Å²) in [7, 11) is 3.19. The number of aromatic nitrogens is 2. The molecule has 2 unspecified atom stereocenters. The number of nitrogens with one attached hydrogen (secondary N) is 2. The Bertz CT molecular complexity index is 2500. The number of carbonyl (C=O) groups excluding carboxylic acids is 5. The number of pyridine rings is 1. The molecule has 1 aromatic carbocycles. The molecule has 1 aliphatic carbocycles. The second kappa shape index (κ2) is 20.3. The van der Waals surface area contributed by atoms with Gasteiger partial charge >= 0.3 is 5.97 Å². The van der Waals surface area contributed by atoms with Gasteiger partial charge < -0.3 is 34.3 Å². The summed E-state index contributed by atoms with van der Waals surface area (Å²) in [6, 6.07) is 6.43. The van der Waals surface area contributed by atoms with Crippen LogP contribution in [0.2, 0.25) is 0 Å². The van der Waals surface area contributed by atoms with Crippen LogP contribution in [0.3, 0.4) is 0 Å². The van der Waals surface area contributed by atoms with Crippen LogP contribution in [0.1, 0.15) is 99.0 Å². The molecule has 3 N–H and O–H groups in total. The molecule has 67 heavy (non-hydrogen) atoms. The minimum Gasteiger partial charge on any atom is -0.508 e. The van der Waals surface area contributed by atoms with E-state index in [9.17, 15) is 34.3 Å². The van der Waals surface area contributed by atoms with Crippen LogP contribution in [0.4, 0.5) is 0 Å². The molecular weight excluding hydrogens is 853 g/mol. The Morgan fingerprint density at radius 3 is 2.63 bits per heavy atom. The summed E-state index contributed by atoms with van der Waals surface area (Å²) in [5, 5.41) is 25.7. The summed E-state index contributed by atoms with van der Waals surface area (Å²) in [5.74, 6) is -3.11. The van der Waals surface area contributed by atoms with Gasteiger partial charge in [0.15, 0.2) is 0 Å². The Morgan fingerprint density at radius 1 is 1.15 bits per heavy atom. The topological polar surface area (TPSA) is 199 Å². The standard InChI is InChI=1S/C51H64N8O8/c1-9-44(61)57-17-15-34(27-57)48(63)56(7)45(30(3)4)47(62)54-41-21-31-18-35(22-36(60)19-31)33-13-14-43-37(23-33)39(46(58(43)10-2)38-20-32(25-52)26-53-42(38)28-66-8)24-51(5,6)29-67-50(65)40-12-11-16-59(55-40)49(41)64/h9,13-14,18-20,22,26,30,33-34,40-41,45,55,60H,1,10-12,15-17,21,23-24,27-29H2,2-8H3,(H,54,62)/t33?,34-,40-,41?,45-/m0/s1. The number of hydrazine groups is 1. The van der Waals surface area contributed by atoms with Gasteiger partial charge in [0, 0.05) is 75.5 Å². The van der Waals surface area contributed by atoms with Crippen molar-refractivity contribution in [2.24, 2.45) is 17.3 Å². The van der Waals surface area contributed by atoms with E-state index in [-0.39, 0.29) is 62.1 Å². The number of allylic oxidation sites excluding steroid dienone is 1. The number of fused-ring (bicyclic) bond motifs is 6. The van der Waals surface area contributed by atoms with E-state index < -0.39 is 47.2 Å². The van der Waals surface area contributed by atoms with Gasteiger partial charge in [-0.15, -0.1) is 0 Å². The van der Waals surface area contributed by atoms with Gasteiger partial charge in [-0.1, -0.05) is 46.4 Å². The van der Waals surface area contributed by atoms with E-state index in [2.05, 4.69) is 65.9 Å². The van der Waals surface area contributed by atoms with Crippen LogP contribution < -0.4 is 10.7 Å². The number of hydrogen-bond donors (Lipinski definition) is 3. The van der Waals surface area contributed by atoms with Crippen molar-refractivity contribution in [3.63, 3.8) is 0 Å². The first-order valence-corrected chi connectivity index (χ1v) is 23.3. The highest BCUT2D eigenvalue weighted by molar-refractivity contribution is 5.93. The number of hydrogen-bond acceptors (Lipinski definition) is 11. The maximum Gasteiger partial charge on any atom is 0.324 e. The first-order chi connectivity index (χ1) is 32.0. The van der Waals surface area contributed by atoms with Crippen molar-refractivity contribution in [3.05, 3.63) is 88.4 Å². The highest BCUT2D eigenvalue weighted by Gasteiger charge is 2.41. The monoisotopic (exact) mass is 916 g/mol. The smallest absolute Gasteiger partial charge is 0.324 e. The quantitative estimate of drug-likeness (QED) is 0.186. The second-order valence-electron chi connectivity index (χ2n) is 19.4. The van der Waals surface area contributed by atoms with Crippen molar-refractivity contribution in [2.45, 2.75) is 110 Å². The van der Waals surface area contributed by atoms with Gasteiger partial charge in [-0.3, -0.25) is 34.0 Å².